The lowest BCUT2D eigenvalue weighted by Crippen LogP contribution is -2.17. The molecule has 1 amide bonds. The molecule has 0 spiro atoms. The van der Waals surface area contributed by atoms with Crippen LogP contribution in [0.25, 0.3) is 0 Å². The van der Waals surface area contributed by atoms with Crippen LogP contribution in [0.4, 0.5) is 5.69 Å². The van der Waals surface area contributed by atoms with Crippen molar-refractivity contribution in [1.29, 1.82) is 0 Å². The number of aromatic nitrogens is 3. The van der Waals surface area contributed by atoms with Crippen molar-refractivity contribution in [3.63, 3.8) is 0 Å². The van der Waals surface area contributed by atoms with Crippen LogP contribution < -0.4 is 5.32 Å². The molecule has 2 aromatic rings. The number of nitro groups is 1. The van der Waals surface area contributed by atoms with Crippen LogP contribution in [0.3, 0.4) is 0 Å². The molecule has 1 aromatic carbocycles. The van der Waals surface area contributed by atoms with Crippen molar-refractivity contribution in [2.75, 3.05) is 7.05 Å². The molecule has 0 saturated carbocycles. The Balaban J connectivity index is 2.42. The molecule has 0 unspecified atom stereocenters. The molecule has 2 rings (SSSR count). The lowest BCUT2D eigenvalue weighted by molar-refractivity contribution is -0.387. The fourth-order valence-electron chi connectivity index (χ4n) is 1.93. The second-order valence-corrected chi connectivity index (χ2v) is 5.40. The Hall–Kier alpha value is -2.42. The lowest BCUT2D eigenvalue weighted by atomic mass is 10.2. The molecule has 0 aliphatic rings. The molecule has 0 bridgehead atoms. The molecule has 0 fully saturated rings. The quantitative estimate of drug-likeness (QED) is 0.667. The molecule has 9 heteroatoms. The van der Waals surface area contributed by atoms with Crippen LogP contribution in [-0.4, -0.2) is 32.6 Å². The van der Waals surface area contributed by atoms with Gasteiger partial charge < -0.3 is 9.88 Å². The van der Waals surface area contributed by atoms with Crippen LogP contribution in [0, 0.1) is 17.0 Å². The molecule has 0 radical (unpaired) electrons. The highest BCUT2D eigenvalue weighted by Crippen LogP contribution is 2.34. The highest BCUT2D eigenvalue weighted by molar-refractivity contribution is 7.99. The molecule has 0 aliphatic carbocycles. The van der Waals surface area contributed by atoms with Gasteiger partial charge in [-0.15, -0.1) is 10.2 Å². The number of carbonyl (C=O) groups is 1. The Bertz CT molecular complexity index is 728. The van der Waals surface area contributed by atoms with Gasteiger partial charge in [-0.05, 0) is 37.7 Å². The second kappa shape index (κ2) is 6.56. The van der Waals surface area contributed by atoms with Gasteiger partial charge in [0, 0.05) is 25.2 Å². The van der Waals surface area contributed by atoms with E-state index in [0.29, 0.717) is 16.6 Å². The first-order chi connectivity index (χ1) is 10.5. The first-order valence-corrected chi connectivity index (χ1v) is 7.37. The van der Waals surface area contributed by atoms with E-state index < -0.39 is 4.92 Å². The lowest BCUT2D eigenvalue weighted by Gasteiger charge is -2.06. The molecular formula is C13H15N5O3S. The van der Waals surface area contributed by atoms with E-state index in [1.54, 1.807) is 12.1 Å². The van der Waals surface area contributed by atoms with Crippen LogP contribution in [0.1, 0.15) is 23.1 Å². The first-order valence-electron chi connectivity index (χ1n) is 6.56. The minimum Gasteiger partial charge on any atom is -0.355 e. The van der Waals surface area contributed by atoms with E-state index in [4.69, 9.17) is 0 Å². The number of amides is 1. The van der Waals surface area contributed by atoms with E-state index in [2.05, 4.69) is 15.5 Å². The summed E-state index contributed by atoms with van der Waals surface area (Å²) in [5.74, 6) is 0.377. The molecule has 0 atom stereocenters. The zero-order chi connectivity index (χ0) is 16.3. The van der Waals surface area contributed by atoms with E-state index >= 15 is 0 Å². The smallest absolute Gasteiger partial charge is 0.284 e. The summed E-state index contributed by atoms with van der Waals surface area (Å²) in [5, 5.41) is 22.3. The highest BCUT2D eigenvalue weighted by atomic mass is 32.2. The maximum absolute atomic E-state index is 11.6. The molecule has 22 heavy (non-hydrogen) atoms. The molecule has 1 aromatic heterocycles. The third-order valence-electron chi connectivity index (χ3n) is 3.06. The average molecular weight is 321 g/mol. The van der Waals surface area contributed by atoms with Crippen molar-refractivity contribution in [3.8, 4) is 0 Å². The molecule has 0 saturated heterocycles. The van der Waals surface area contributed by atoms with Gasteiger partial charge in [0.1, 0.15) is 5.82 Å². The summed E-state index contributed by atoms with van der Waals surface area (Å²) in [6.07, 6.45) is 0. The van der Waals surface area contributed by atoms with Crippen LogP contribution >= 0.6 is 11.8 Å². The standard InChI is InChI=1S/C13H15N5O3S/c1-4-17-8(2)15-16-13(17)22-11-6-5-9(12(19)14-3)7-10(11)18(20)21/h5-7H,4H2,1-3H3,(H,14,19). The predicted molar refractivity (Wildman–Crippen MR) is 81.0 cm³/mol. The Morgan fingerprint density at radius 2 is 2.18 bits per heavy atom. The van der Waals surface area contributed by atoms with Crippen molar-refractivity contribution in [3.05, 3.63) is 39.7 Å². The summed E-state index contributed by atoms with van der Waals surface area (Å²) < 4.78 is 1.86. The summed E-state index contributed by atoms with van der Waals surface area (Å²) in [4.78, 5) is 22.8. The highest BCUT2D eigenvalue weighted by Gasteiger charge is 2.20. The van der Waals surface area contributed by atoms with E-state index in [-0.39, 0.29) is 17.2 Å². The van der Waals surface area contributed by atoms with Gasteiger partial charge in [-0.2, -0.15) is 0 Å². The summed E-state index contributed by atoms with van der Waals surface area (Å²) in [5.41, 5.74) is 0.112. The van der Waals surface area contributed by atoms with Crippen molar-refractivity contribution in [2.24, 2.45) is 0 Å². The number of carbonyl (C=O) groups excluding carboxylic acids is 1. The number of benzene rings is 1. The van der Waals surface area contributed by atoms with E-state index in [1.807, 2.05) is 18.4 Å². The fourth-order valence-corrected chi connectivity index (χ4v) is 2.96. The fraction of sp³-hybridized carbons (Fsp3) is 0.308. The first kappa shape index (κ1) is 16.0. The van der Waals surface area contributed by atoms with Crippen LogP contribution in [0.5, 0.6) is 0 Å². The topological polar surface area (TPSA) is 103 Å². The number of aryl methyl sites for hydroxylation is 1. The Morgan fingerprint density at radius 1 is 1.45 bits per heavy atom. The van der Waals surface area contributed by atoms with Gasteiger partial charge in [-0.25, -0.2) is 0 Å². The van der Waals surface area contributed by atoms with Crippen LogP contribution in [0.2, 0.25) is 0 Å². The predicted octanol–water partition coefficient (Wildman–Crippen LogP) is 2.03. The molecule has 1 heterocycles. The SMILES string of the molecule is CCn1c(C)nnc1Sc1ccc(C(=O)NC)cc1[N+](=O)[O-]. The van der Waals surface area contributed by atoms with Gasteiger partial charge in [-0.1, -0.05) is 0 Å². The number of rotatable bonds is 5. The average Bonchev–Trinajstić information content (AvgIpc) is 2.86. The van der Waals surface area contributed by atoms with E-state index in [0.717, 1.165) is 17.6 Å². The summed E-state index contributed by atoms with van der Waals surface area (Å²) in [6, 6.07) is 4.37. The van der Waals surface area contributed by atoms with Crippen molar-refractivity contribution >= 4 is 23.4 Å². The summed E-state index contributed by atoms with van der Waals surface area (Å²) in [7, 11) is 1.48. The summed E-state index contributed by atoms with van der Waals surface area (Å²) >= 11 is 1.16. The van der Waals surface area contributed by atoms with Gasteiger partial charge in [0.2, 0.25) is 0 Å². The van der Waals surface area contributed by atoms with Gasteiger partial charge in [0.25, 0.3) is 11.6 Å². The third-order valence-corrected chi connectivity index (χ3v) is 4.11. The maximum atomic E-state index is 11.6. The molecule has 1 N–H and O–H groups in total. The van der Waals surface area contributed by atoms with Crippen LogP contribution in [-0.2, 0) is 6.54 Å². The van der Waals surface area contributed by atoms with Gasteiger partial charge in [-0.3, -0.25) is 14.9 Å². The molecule has 116 valence electrons. The number of hydrogen-bond acceptors (Lipinski definition) is 6. The minimum absolute atomic E-state index is 0.130. The van der Waals surface area contributed by atoms with Crippen LogP contribution in [0.15, 0.2) is 28.3 Å². The zero-order valence-corrected chi connectivity index (χ0v) is 13.2. The largest absolute Gasteiger partial charge is 0.355 e. The molecule has 0 aliphatic heterocycles. The van der Waals surface area contributed by atoms with Crippen molar-refractivity contribution in [1.82, 2.24) is 20.1 Å². The van der Waals surface area contributed by atoms with Gasteiger partial charge in [0.05, 0.1) is 9.82 Å². The molecular weight excluding hydrogens is 306 g/mol. The van der Waals surface area contributed by atoms with Gasteiger partial charge >= 0.3 is 0 Å². The maximum Gasteiger partial charge on any atom is 0.284 e. The van der Waals surface area contributed by atoms with Crippen molar-refractivity contribution < 1.29 is 9.72 Å². The number of hydrogen-bond donors (Lipinski definition) is 1. The van der Waals surface area contributed by atoms with Gasteiger partial charge in [0.15, 0.2) is 5.16 Å². The normalized spacial score (nSPS) is 10.5. The number of nitrogens with one attached hydrogen (secondary N) is 1. The Morgan fingerprint density at radius 3 is 2.77 bits per heavy atom. The Kier molecular flexibility index (Phi) is 4.76. The van der Waals surface area contributed by atoms with Crippen molar-refractivity contribution in [2.45, 2.75) is 30.4 Å². The summed E-state index contributed by atoms with van der Waals surface area (Å²) in [6.45, 7) is 4.44. The Labute approximate surface area is 131 Å². The number of nitrogens with zero attached hydrogens (tertiary/aromatic N) is 4. The number of nitro benzene ring substituents is 1. The molecule has 8 nitrogen and oxygen atoms in total. The second-order valence-electron chi connectivity index (χ2n) is 4.39. The zero-order valence-electron chi connectivity index (χ0n) is 12.4. The minimum atomic E-state index is -0.506. The monoisotopic (exact) mass is 321 g/mol. The van der Waals surface area contributed by atoms with E-state index in [9.17, 15) is 14.9 Å². The van der Waals surface area contributed by atoms with E-state index in [1.165, 1.54) is 13.1 Å². The third kappa shape index (κ3) is 3.08.